The minimum Gasteiger partial charge on any atom is -0.489 e. The van der Waals surface area contributed by atoms with E-state index in [0.29, 0.717) is 30.2 Å². The number of nitrogens with zero attached hydrogens (tertiary/aromatic N) is 2. The number of carbonyl (C=O) groups is 1. The minimum atomic E-state index is -0.0814. The van der Waals surface area contributed by atoms with Gasteiger partial charge in [0.15, 0.2) is 11.5 Å². The monoisotopic (exact) mass is 323 g/mol. The first-order chi connectivity index (χ1) is 9.08. The molecule has 1 heterocycles. The highest BCUT2D eigenvalue weighted by molar-refractivity contribution is 9.10. The van der Waals surface area contributed by atoms with Crippen molar-refractivity contribution in [3.63, 3.8) is 0 Å². The maximum atomic E-state index is 11.6. The topological polar surface area (TPSA) is 70.1 Å². The fourth-order valence-electron chi connectivity index (χ4n) is 1.71. The number of aromatic nitrogens is 2. The zero-order valence-electron chi connectivity index (χ0n) is 10.5. The van der Waals surface area contributed by atoms with Crippen LogP contribution in [0.2, 0.25) is 0 Å². The van der Waals surface area contributed by atoms with E-state index in [1.54, 1.807) is 23.0 Å². The highest BCUT2D eigenvalue weighted by Gasteiger charge is 2.13. The summed E-state index contributed by atoms with van der Waals surface area (Å²) in [5.74, 6) is 0.352. The van der Waals surface area contributed by atoms with E-state index in [1.807, 2.05) is 12.3 Å². The summed E-state index contributed by atoms with van der Waals surface area (Å²) in [5.41, 5.74) is 6.81. The largest absolute Gasteiger partial charge is 0.489 e. The summed E-state index contributed by atoms with van der Waals surface area (Å²) in [4.78, 5) is 11.6. The van der Waals surface area contributed by atoms with Crippen LogP contribution in [0.3, 0.4) is 0 Å². The number of rotatable bonds is 5. The van der Waals surface area contributed by atoms with Gasteiger partial charge in [-0.1, -0.05) is 15.9 Å². The molecule has 0 atom stereocenters. The number of carbonyl (C=O) groups excluding carboxylic acids is 1. The number of benzene rings is 1. The lowest BCUT2D eigenvalue weighted by Crippen LogP contribution is -2.11. The summed E-state index contributed by atoms with van der Waals surface area (Å²) in [7, 11) is 0. The predicted octanol–water partition coefficient (Wildman–Crippen LogP) is 2.51. The van der Waals surface area contributed by atoms with Crippen molar-refractivity contribution >= 4 is 27.4 Å². The van der Waals surface area contributed by atoms with Gasteiger partial charge in [0.2, 0.25) is 0 Å². The average Bonchev–Trinajstić information content (AvgIpc) is 2.84. The fraction of sp³-hybridized carbons (Fsp3) is 0.231. The summed E-state index contributed by atoms with van der Waals surface area (Å²) in [6.45, 7) is 2.48. The van der Waals surface area contributed by atoms with Crippen molar-refractivity contribution in [1.29, 1.82) is 0 Å². The van der Waals surface area contributed by atoms with Crippen LogP contribution >= 0.6 is 15.9 Å². The third kappa shape index (κ3) is 3.35. The average molecular weight is 324 g/mol. The summed E-state index contributed by atoms with van der Waals surface area (Å²) in [5, 5.41) is 4.07. The molecular formula is C13H14BrN3O2. The molecule has 0 aliphatic heterocycles. The molecule has 100 valence electrons. The van der Waals surface area contributed by atoms with Crippen LogP contribution in [0.15, 0.2) is 35.1 Å². The van der Waals surface area contributed by atoms with E-state index in [0.717, 1.165) is 4.47 Å². The molecule has 2 rings (SSSR count). The molecule has 0 aliphatic carbocycles. The smallest absolute Gasteiger partial charge is 0.163 e. The molecule has 0 saturated heterocycles. The van der Waals surface area contributed by atoms with Crippen LogP contribution in [-0.2, 0) is 6.54 Å². The molecular weight excluding hydrogens is 310 g/mol. The molecule has 2 N–H and O–H groups in total. The van der Waals surface area contributed by atoms with Crippen LogP contribution in [-0.4, -0.2) is 22.2 Å². The van der Waals surface area contributed by atoms with E-state index >= 15 is 0 Å². The van der Waals surface area contributed by atoms with Gasteiger partial charge < -0.3 is 10.5 Å². The SMILES string of the molecule is CC(=O)c1cc(Br)cc(N)c1OCCn1cccn1. The molecule has 2 aromatic rings. The summed E-state index contributed by atoms with van der Waals surface area (Å²) >= 11 is 3.31. The predicted molar refractivity (Wildman–Crippen MR) is 76.3 cm³/mol. The molecule has 0 fully saturated rings. The Labute approximate surface area is 119 Å². The lowest BCUT2D eigenvalue weighted by molar-refractivity contribution is 0.101. The number of hydrogen-bond acceptors (Lipinski definition) is 4. The highest BCUT2D eigenvalue weighted by Crippen LogP contribution is 2.31. The third-order valence-electron chi connectivity index (χ3n) is 2.59. The van der Waals surface area contributed by atoms with Crippen LogP contribution in [0.1, 0.15) is 17.3 Å². The Bertz CT molecular complexity index is 582. The second kappa shape index (κ2) is 5.88. The molecule has 0 saturated carbocycles. The minimum absolute atomic E-state index is 0.0814. The molecule has 1 aromatic heterocycles. The zero-order chi connectivity index (χ0) is 13.8. The van der Waals surface area contributed by atoms with Crippen LogP contribution in [0, 0.1) is 0 Å². The van der Waals surface area contributed by atoms with Gasteiger partial charge in [-0.25, -0.2) is 0 Å². The normalized spacial score (nSPS) is 10.4. The van der Waals surface area contributed by atoms with Crippen molar-refractivity contribution in [2.75, 3.05) is 12.3 Å². The van der Waals surface area contributed by atoms with Gasteiger partial charge in [0.1, 0.15) is 6.61 Å². The molecule has 0 unspecified atom stereocenters. The van der Waals surface area contributed by atoms with Crippen molar-refractivity contribution in [2.45, 2.75) is 13.5 Å². The van der Waals surface area contributed by atoms with E-state index in [4.69, 9.17) is 10.5 Å². The standard InChI is InChI=1S/C13H14BrN3O2/c1-9(18)11-7-10(14)8-12(15)13(11)19-6-5-17-4-2-3-16-17/h2-4,7-8H,5-6,15H2,1H3. The number of nitrogen functional groups attached to an aromatic ring is 1. The van der Waals surface area contributed by atoms with Crippen molar-refractivity contribution in [3.8, 4) is 5.75 Å². The van der Waals surface area contributed by atoms with E-state index in [2.05, 4.69) is 21.0 Å². The van der Waals surface area contributed by atoms with E-state index < -0.39 is 0 Å². The van der Waals surface area contributed by atoms with Crippen LogP contribution in [0.5, 0.6) is 5.75 Å². The number of halogens is 1. The molecule has 19 heavy (non-hydrogen) atoms. The molecule has 0 amide bonds. The summed E-state index contributed by atoms with van der Waals surface area (Å²) in [6, 6.07) is 5.27. The number of Topliss-reactive ketones (excluding diaryl/α,β-unsaturated/α-hetero) is 1. The van der Waals surface area contributed by atoms with E-state index in [-0.39, 0.29) is 5.78 Å². The van der Waals surface area contributed by atoms with Crippen molar-refractivity contribution in [2.24, 2.45) is 0 Å². The van der Waals surface area contributed by atoms with Gasteiger partial charge >= 0.3 is 0 Å². The molecule has 0 radical (unpaired) electrons. The number of nitrogens with two attached hydrogens (primary N) is 1. The van der Waals surface area contributed by atoms with Crippen molar-refractivity contribution in [1.82, 2.24) is 9.78 Å². The first-order valence-electron chi connectivity index (χ1n) is 5.78. The van der Waals surface area contributed by atoms with E-state index in [9.17, 15) is 4.79 Å². The van der Waals surface area contributed by atoms with Gasteiger partial charge in [0.25, 0.3) is 0 Å². The molecule has 0 spiro atoms. The summed E-state index contributed by atoms with van der Waals surface area (Å²) in [6.07, 6.45) is 3.55. The van der Waals surface area contributed by atoms with Crippen LogP contribution in [0.25, 0.3) is 0 Å². The second-order valence-electron chi connectivity index (χ2n) is 4.05. The fourth-order valence-corrected chi connectivity index (χ4v) is 2.19. The Morgan fingerprint density at radius 3 is 2.95 bits per heavy atom. The Balaban J connectivity index is 2.12. The third-order valence-corrected chi connectivity index (χ3v) is 3.05. The zero-order valence-corrected chi connectivity index (χ0v) is 12.1. The molecule has 6 heteroatoms. The number of anilines is 1. The van der Waals surface area contributed by atoms with Gasteiger partial charge in [-0.05, 0) is 25.1 Å². The van der Waals surface area contributed by atoms with Gasteiger partial charge in [0, 0.05) is 16.9 Å². The van der Waals surface area contributed by atoms with Gasteiger partial charge in [-0.15, -0.1) is 0 Å². The molecule has 1 aromatic carbocycles. The second-order valence-corrected chi connectivity index (χ2v) is 4.96. The van der Waals surface area contributed by atoms with Crippen LogP contribution in [0.4, 0.5) is 5.69 Å². The van der Waals surface area contributed by atoms with Gasteiger partial charge in [0.05, 0.1) is 17.8 Å². The molecule has 5 nitrogen and oxygen atoms in total. The number of hydrogen-bond donors (Lipinski definition) is 1. The molecule has 0 aliphatic rings. The Morgan fingerprint density at radius 2 is 2.32 bits per heavy atom. The van der Waals surface area contributed by atoms with E-state index in [1.165, 1.54) is 6.92 Å². The van der Waals surface area contributed by atoms with Gasteiger partial charge in [-0.3, -0.25) is 9.48 Å². The lowest BCUT2D eigenvalue weighted by atomic mass is 10.1. The van der Waals surface area contributed by atoms with Crippen molar-refractivity contribution < 1.29 is 9.53 Å². The number of ketones is 1. The Hall–Kier alpha value is -1.82. The first-order valence-corrected chi connectivity index (χ1v) is 6.57. The Kier molecular flexibility index (Phi) is 4.21. The van der Waals surface area contributed by atoms with Crippen molar-refractivity contribution in [3.05, 3.63) is 40.6 Å². The summed E-state index contributed by atoms with van der Waals surface area (Å²) < 4.78 is 8.14. The lowest BCUT2D eigenvalue weighted by Gasteiger charge is -2.13. The molecule has 0 bridgehead atoms. The first kappa shape index (κ1) is 13.6. The van der Waals surface area contributed by atoms with Crippen LogP contribution < -0.4 is 10.5 Å². The number of ether oxygens (including phenoxy) is 1. The quantitative estimate of drug-likeness (QED) is 0.678. The van der Waals surface area contributed by atoms with Gasteiger partial charge in [-0.2, -0.15) is 5.10 Å². The maximum Gasteiger partial charge on any atom is 0.163 e. The maximum absolute atomic E-state index is 11.6. The highest BCUT2D eigenvalue weighted by atomic mass is 79.9. The Morgan fingerprint density at radius 1 is 1.53 bits per heavy atom.